The number of hydrogen-bond donors (Lipinski definition) is 0. The van der Waals surface area contributed by atoms with Gasteiger partial charge in [-0.2, -0.15) is 0 Å². The van der Waals surface area contributed by atoms with E-state index >= 15 is 0 Å². The van der Waals surface area contributed by atoms with E-state index in [1.165, 1.54) is 59.5 Å². The Morgan fingerprint density at radius 3 is 1.79 bits per heavy atom. The number of fused-ring (bicyclic) bond motifs is 12. The lowest BCUT2D eigenvalue weighted by Gasteiger charge is -2.29. The molecule has 2 aromatic heterocycles. The molecule has 0 saturated heterocycles. The highest BCUT2D eigenvalue weighted by atomic mass is 32.1. The number of nitrogens with zero attached hydrogens (tertiary/aromatic N) is 2. The first-order valence-corrected chi connectivity index (χ1v) is 18.6. The summed E-state index contributed by atoms with van der Waals surface area (Å²) in [6.07, 6.45) is 0. The molecule has 2 heterocycles. The van der Waals surface area contributed by atoms with Crippen molar-refractivity contribution in [1.29, 1.82) is 0 Å². The Morgan fingerprint density at radius 1 is 0.385 bits per heavy atom. The minimum atomic E-state index is -0.379. The molecule has 2 aliphatic rings. The monoisotopic (exact) mass is 678 g/mol. The van der Waals surface area contributed by atoms with Crippen LogP contribution in [0.25, 0.3) is 77.4 Å². The second-order valence-electron chi connectivity index (χ2n) is 13.7. The van der Waals surface area contributed by atoms with Crippen LogP contribution in [-0.2, 0) is 5.41 Å². The molecule has 52 heavy (non-hydrogen) atoms. The third kappa shape index (κ3) is 4.17. The van der Waals surface area contributed by atoms with Crippen molar-refractivity contribution in [2.45, 2.75) is 5.41 Å². The highest BCUT2D eigenvalue weighted by Crippen LogP contribution is 2.66. The molecule has 0 fully saturated rings. The van der Waals surface area contributed by atoms with Crippen molar-refractivity contribution in [3.8, 4) is 67.3 Å². The van der Waals surface area contributed by atoms with Gasteiger partial charge in [0.25, 0.3) is 0 Å². The molecule has 0 bridgehead atoms. The van der Waals surface area contributed by atoms with Gasteiger partial charge in [-0.1, -0.05) is 158 Å². The van der Waals surface area contributed by atoms with Gasteiger partial charge in [-0.25, -0.2) is 9.97 Å². The molecule has 0 aliphatic heterocycles. The molecule has 9 aromatic rings. The van der Waals surface area contributed by atoms with Crippen molar-refractivity contribution < 1.29 is 0 Å². The van der Waals surface area contributed by atoms with Crippen molar-refractivity contribution in [3.05, 3.63) is 204 Å². The Morgan fingerprint density at radius 2 is 0.981 bits per heavy atom. The summed E-state index contributed by atoms with van der Waals surface area (Å²) in [6, 6.07) is 65.6. The molecular formula is C49H30N2S. The molecular weight excluding hydrogens is 649 g/mol. The van der Waals surface area contributed by atoms with Crippen molar-refractivity contribution in [2.75, 3.05) is 0 Å². The van der Waals surface area contributed by atoms with E-state index in [2.05, 4.69) is 176 Å². The summed E-state index contributed by atoms with van der Waals surface area (Å²) < 4.78 is 1.33. The molecule has 2 aliphatic carbocycles. The van der Waals surface area contributed by atoms with E-state index in [4.69, 9.17) is 9.97 Å². The third-order valence-corrected chi connectivity index (χ3v) is 12.2. The van der Waals surface area contributed by atoms with Crippen molar-refractivity contribution in [1.82, 2.24) is 9.97 Å². The van der Waals surface area contributed by atoms with Crippen LogP contribution in [0, 0.1) is 0 Å². The van der Waals surface area contributed by atoms with Crippen LogP contribution in [0.3, 0.4) is 0 Å². The number of rotatable bonds is 4. The average molecular weight is 679 g/mol. The first-order chi connectivity index (χ1) is 25.8. The molecule has 1 atom stereocenters. The van der Waals surface area contributed by atoms with Gasteiger partial charge in [-0.15, -0.1) is 11.3 Å². The summed E-state index contributed by atoms with van der Waals surface area (Å²) in [7, 11) is 0. The molecule has 7 aromatic carbocycles. The van der Waals surface area contributed by atoms with E-state index in [-0.39, 0.29) is 5.41 Å². The summed E-state index contributed by atoms with van der Waals surface area (Å²) in [5, 5.41) is 1.34. The summed E-state index contributed by atoms with van der Waals surface area (Å²) >= 11 is 1.94. The zero-order valence-corrected chi connectivity index (χ0v) is 28.9. The summed E-state index contributed by atoms with van der Waals surface area (Å²) in [5.74, 6) is 0.720. The molecule has 1 unspecified atom stereocenters. The van der Waals surface area contributed by atoms with E-state index < -0.39 is 0 Å². The Hall–Kier alpha value is -6.42. The number of thiophene rings is 1. The van der Waals surface area contributed by atoms with E-state index in [1.54, 1.807) is 0 Å². The molecule has 0 radical (unpaired) electrons. The predicted molar refractivity (Wildman–Crippen MR) is 215 cm³/mol. The topological polar surface area (TPSA) is 25.8 Å². The van der Waals surface area contributed by atoms with Gasteiger partial charge in [0.1, 0.15) is 0 Å². The quantitative estimate of drug-likeness (QED) is 0.185. The molecule has 0 saturated carbocycles. The largest absolute Gasteiger partial charge is 0.228 e. The zero-order chi connectivity index (χ0) is 34.2. The van der Waals surface area contributed by atoms with Crippen LogP contribution in [0.15, 0.2) is 182 Å². The molecule has 0 N–H and O–H groups in total. The second kappa shape index (κ2) is 11.3. The standard InChI is InChI=1S/C49H30N2S/c1-3-14-31(15-4-1)33-18-13-19-34(28-33)44-30-43(32-16-5-2-6-17-32)50-48(51-44)35-26-27-42-39(29-35)36-20-7-10-23-40(36)49(42)41-24-11-8-21-37(41)46-38-22-9-12-25-45(38)52-47(46)49/h1-30H. The van der Waals surface area contributed by atoms with E-state index in [1.807, 2.05) is 17.4 Å². The van der Waals surface area contributed by atoms with Crippen LogP contribution < -0.4 is 0 Å². The Kier molecular flexibility index (Phi) is 6.37. The van der Waals surface area contributed by atoms with Gasteiger partial charge in [-0.3, -0.25) is 0 Å². The van der Waals surface area contributed by atoms with Gasteiger partial charge >= 0.3 is 0 Å². The summed E-state index contributed by atoms with van der Waals surface area (Å²) in [4.78, 5) is 12.0. The Labute approximate surface area is 306 Å². The molecule has 11 rings (SSSR count). The van der Waals surface area contributed by atoms with Crippen LogP contribution >= 0.6 is 11.3 Å². The molecule has 1 spiro atoms. The van der Waals surface area contributed by atoms with Crippen LogP contribution in [0.1, 0.15) is 21.6 Å². The highest BCUT2D eigenvalue weighted by molar-refractivity contribution is 7.20. The normalized spacial score (nSPS) is 15.0. The lowest BCUT2D eigenvalue weighted by atomic mass is 9.74. The number of aromatic nitrogens is 2. The maximum Gasteiger partial charge on any atom is 0.160 e. The maximum atomic E-state index is 5.30. The second-order valence-corrected chi connectivity index (χ2v) is 14.7. The van der Waals surface area contributed by atoms with E-state index in [0.29, 0.717) is 0 Å². The summed E-state index contributed by atoms with van der Waals surface area (Å²) in [5.41, 5.74) is 16.2. The fraction of sp³-hybridized carbons (Fsp3) is 0.0204. The van der Waals surface area contributed by atoms with Crippen molar-refractivity contribution >= 4 is 21.4 Å². The van der Waals surface area contributed by atoms with Crippen LogP contribution in [-0.4, -0.2) is 9.97 Å². The molecule has 0 amide bonds. The van der Waals surface area contributed by atoms with Crippen molar-refractivity contribution in [3.63, 3.8) is 0 Å². The van der Waals surface area contributed by atoms with Gasteiger partial charge in [0.05, 0.1) is 16.8 Å². The van der Waals surface area contributed by atoms with E-state index in [0.717, 1.165) is 39.5 Å². The fourth-order valence-corrected chi connectivity index (χ4v) is 10.1. The Balaban J connectivity index is 1.13. The van der Waals surface area contributed by atoms with Crippen molar-refractivity contribution in [2.24, 2.45) is 0 Å². The molecule has 2 nitrogen and oxygen atoms in total. The minimum Gasteiger partial charge on any atom is -0.228 e. The first-order valence-electron chi connectivity index (χ1n) is 17.7. The number of hydrogen-bond acceptors (Lipinski definition) is 3. The van der Waals surface area contributed by atoms with Gasteiger partial charge in [0.15, 0.2) is 5.82 Å². The molecule has 242 valence electrons. The van der Waals surface area contributed by atoms with Crippen LogP contribution in [0.4, 0.5) is 0 Å². The number of benzene rings is 7. The van der Waals surface area contributed by atoms with Gasteiger partial charge < -0.3 is 0 Å². The third-order valence-electron chi connectivity index (χ3n) is 10.9. The highest BCUT2D eigenvalue weighted by Gasteiger charge is 2.53. The average Bonchev–Trinajstić information content (AvgIpc) is 3.85. The van der Waals surface area contributed by atoms with Gasteiger partial charge in [0, 0.05) is 37.2 Å². The maximum absolute atomic E-state index is 5.30. The lowest BCUT2D eigenvalue weighted by molar-refractivity contribution is 0.812. The fourth-order valence-electron chi connectivity index (χ4n) is 8.66. The lowest BCUT2D eigenvalue weighted by Crippen LogP contribution is -2.24. The smallest absolute Gasteiger partial charge is 0.160 e. The predicted octanol–water partition coefficient (Wildman–Crippen LogP) is 12.7. The van der Waals surface area contributed by atoms with Gasteiger partial charge in [-0.05, 0) is 68.8 Å². The Bertz CT molecular complexity index is 2850. The first kappa shape index (κ1) is 29.3. The minimum absolute atomic E-state index is 0.379. The SMILES string of the molecule is c1ccc(-c2cccc(-c3cc(-c4ccccc4)nc(-c4ccc5c(c4)-c4ccccc4C54c5ccccc5-c5c4sc4ccccc54)n3)c2)cc1. The summed E-state index contributed by atoms with van der Waals surface area (Å²) in [6.45, 7) is 0. The zero-order valence-electron chi connectivity index (χ0n) is 28.1. The molecule has 3 heteroatoms. The van der Waals surface area contributed by atoms with Gasteiger partial charge in [0.2, 0.25) is 0 Å². The van der Waals surface area contributed by atoms with Crippen LogP contribution in [0.2, 0.25) is 0 Å². The van der Waals surface area contributed by atoms with E-state index in [9.17, 15) is 0 Å². The van der Waals surface area contributed by atoms with Crippen LogP contribution in [0.5, 0.6) is 0 Å².